The van der Waals surface area contributed by atoms with Crippen LogP contribution < -0.4 is 4.74 Å². The van der Waals surface area contributed by atoms with Gasteiger partial charge < -0.3 is 4.74 Å². The van der Waals surface area contributed by atoms with Crippen molar-refractivity contribution in [1.82, 2.24) is 4.98 Å². The van der Waals surface area contributed by atoms with E-state index in [-0.39, 0.29) is 0 Å². The lowest BCUT2D eigenvalue weighted by atomic mass is 10.2. The summed E-state index contributed by atoms with van der Waals surface area (Å²) in [5.74, 6) is 1.71. The van der Waals surface area contributed by atoms with E-state index in [0.717, 1.165) is 35.0 Å². The van der Waals surface area contributed by atoms with E-state index in [9.17, 15) is 0 Å². The van der Waals surface area contributed by atoms with Crippen molar-refractivity contribution in [1.29, 1.82) is 0 Å². The fraction of sp³-hybridized carbons (Fsp3) is 0.400. The van der Waals surface area contributed by atoms with Crippen molar-refractivity contribution in [3.63, 3.8) is 0 Å². The number of hydrogen-bond acceptors (Lipinski definition) is 4. The van der Waals surface area contributed by atoms with Gasteiger partial charge in [-0.05, 0) is 31.0 Å². The Morgan fingerprint density at radius 1 is 1.37 bits per heavy atom. The lowest BCUT2D eigenvalue weighted by Gasteiger charge is -2.06. The number of rotatable bonds is 6. The van der Waals surface area contributed by atoms with Crippen LogP contribution in [0.25, 0.3) is 0 Å². The van der Waals surface area contributed by atoms with E-state index in [4.69, 9.17) is 4.74 Å². The van der Waals surface area contributed by atoms with E-state index < -0.39 is 0 Å². The highest BCUT2D eigenvalue weighted by molar-refractivity contribution is 7.79. The molecule has 0 aliphatic heterocycles. The number of thiol groups is 1. The average Bonchev–Trinajstić information content (AvgIpc) is 2.79. The Balaban J connectivity index is 1.88. The molecule has 0 bridgehead atoms. The predicted octanol–water partition coefficient (Wildman–Crippen LogP) is 4.07. The quantitative estimate of drug-likeness (QED) is 0.811. The molecule has 0 spiro atoms. The average molecular weight is 293 g/mol. The van der Waals surface area contributed by atoms with Crippen LogP contribution >= 0.6 is 24.0 Å². The number of benzene rings is 1. The van der Waals surface area contributed by atoms with E-state index in [0.29, 0.717) is 6.61 Å². The maximum Gasteiger partial charge on any atom is 0.119 e. The molecule has 102 valence electrons. The van der Waals surface area contributed by atoms with Crippen molar-refractivity contribution in [3.05, 3.63) is 45.4 Å². The molecule has 0 fully saturated rings. The van der Waals surface area contributed by atoms with E-state index in [1.54, 1.807) is 11.3 Å². The molecule has 19 heavy (non-hydrogen) atoms. The largest absolute Gasteiger partial charge is 0.493 e. The van der Waals surface area contributed by atoms with Gasteiger partial charge in [0.15, 0.2) is 0 Å². The Labute approximate surface area is 124 Å². The van der Waals surface area contributed by atoms with Crippen LogP contribution in [0.1, 0.15) is 28.1 Å². The highest BCUT2D eigenvalue weighted by Gasteiger charge is 2.06. The monoisotopic (exact) mass is 293 g/mol. The molecular formula is C15H19NOS2. The van der Waals surface area contributed by atoms with Gasteiger partial charge in [0, 0.05) is 17.1 Å². The maximum absolute atomic E-state index is 5.78. The molecule has 2 nitrogen and oxygen atoms in total. The highest BCUT2D eigenvalue weighted by Crippen LogP contribution is 2.20. The molecule has 1 heterocycles. The third-order valence-electron chi connectivity index (χ3n) is 2.97. The van der Waals surface area contributed by atoms with Crippen LogP contribution in [0.5, 0.6) is 5.75 Å². The fourth-order valence-corrected chi connectivity index (χ4v) is 3.19. The summed E-state index contributed by atoms with van der Waals surface area (Å²) in [4.78, 5) is 5.79. The van der Waals surface area contributed by atoms with E-state index in [1.807, 2.05) is 19.1 Å². The summed E-state index contributed by atoms with van der Waals surface area (Å²) in [7, 11) is 0. The lowest BCUT2D eigenvalue weighted by Crippen LogP contribution is -2.01. The van der Waals surface area contributed by atoms with Crippen LogP contribution in [0.2, 0.25) is 0 Å². The SMILES string of the molecule is CCc1cccc(OCCc2nc(C)c(CS)s2)c1. The first-order valence-electron chi connectivity index (χ1n) is 6.50. The van der Waals surface area contributed by atoms with Gasteiger partial charge in [-0.2, -0.15) is 12.6 Å². The van der Waals surface area contributed by atoms with Crippen LogP contribution in [0, 0.1) is 6.92 Å². The first kappa shape index (κ1) is 14.4. The van der Waals surface area contributed by atoms with Gasteiger partial charge in [0.2, 0.25) is 0 Å². The molecular weight excluding hydrogens is 274 g/mol. The molecule has 1 aromatic carbocycles. The first-order chi connectivity index (χ1) is 9.22. The number of hydrogen-bond donors (Lipinski definition) is 1. The molecule has 1 aromatic heterocycles. The van der Waals surface area contributed by atoms with Gasteiger partial charge >= 0.3 is 0 Å². The van der Waals surface area contributed by atoms with Gasteiger partial charge in [-0.25, -0.2) is 4.98 Å². The van der Waals surface area contributed by atoms with Crippen molar-refractivity contribution >= 4 is 24.0 Å². The van der Waals surface area contributed by atoms with E-state index >= 15 is 0 Å². The Hall–Kier alpha value is -1.000. The summed E-state index contributed by atoms with van der Waals surface area (Å²) in [6.45, 7) is 4.86. The normalized spacial score (nSPS) is 10.7. The third kappa shape index (κ3) is 3.98. The molecule has 0 N–H and O–H groups in total. The van der Waals surface area contributed by atoms with Crippen LogP contribution in [-0.4, -0.2) is 11.6 Å². The maximum atomic E-state index is 5.78. The minimum absolute atomic E-state index is 0.673. The zero-order chi connectivity index (χ0) is 13.7. The molecule has 0 aliphatic carbocycles. The van der Waals surface area contributed by atoms with Crippen molar-refractivity contribution < 1.29 is 4.74 Å². The van der Waals surface area contributed by atoms with Crippen molar-refractivity contribution in [2.75, 3.05) is 6.61 Å². The number of aromatic nitrogens is 1. The zero-order valence-electron chi connectivity index (χ0n) is 11.3. The summed E-state index contributed by atoms with van der Waals surface area (Å²) in [6.07, 6.45) is 1.89. The van der Waals surface area contributed by atoms with Crippen LogP contribution in [0.15, 0.2) is 24.3 Å². The number of ether oxygens (including phenoxy) is 1. The Morgan fingerprint density at radius 3 is 2.89 bits per heavy atom. The topological polar surface area (TPSA) is 22.1 Å². The molecule has 0 radical (unpaired) electrons. The summed E-state index contributed by atoms with van der Waals surface area (Å²) in [5.41, 5.74) is 2.41. The van der Waals surface area contributed by atoms with E-state index in [2.05, 4.69) is 36.7 Å². The van der Waals surface area contributed by atoms with Crippen molar-refractivity contribution in [2.24, 2.45) is 0 Å². The minimum atomic E-state index is 0.673. The molecule has 2 aromatic rings. The van der Waals surface area contributed by atoms with Crippen LogP contribution in [0.3, 0.4) is 0 Å². The smallest absolute Gasteiger partial charge is 0.119 e. The first-order valence-corrected chi connectivity index (χ1v) is 7.95. The molecule has 0 saturated heterocycles. The highest BCUT2D eigenvalue weighted by atomic mass is 32.1. The second-order valence-electron chi connectivity index (χ2n) is 4.37. The second-order valence-corrected chi connectivity index (χ2v) is 5.86. The van der Waals surface area contributed by atoms with E-state index in [1.165, 1.54) is 10.4 Å². The van der Waals surface area contributed by atoms with Crippen molar-refractivity contribution in [3.8, 4) is 5.75 Å². The van der Waals surface area contributed by atoms with Gasteiger partial charge in [0.25, 0.3) is 0 Å². The molecule has 4 heteroatoms. The summed E-state index contributed by atoms with van der Waals surface area (Å²) >= 11 is 6.04. The van der Waals surface area contributed by atoms with Crippen molar-refractivity contribution in [2.45, 2.75) is 32.4 Å². The summed E-state index contributed by atoms with van der Waals surface area (Å²) < 4.78 is 5.78. The summed E-state index contributed by atoms with van der Waals surface area (Å²) in [6, 6.07) is 8.27. The minimum Gasteiger partial charge on any atom is -0.493 e. The van der Waals surface area contributed by atoms with Gasteiger partial charge in [-0.15, -0.1) is 11.3 Å². The molecule has 0 amide bonds. The second kappa shape index (κ2) is 6.96. The number of nitrogens with zero attached hydrogens (tertiary/aromatic N) is 1. The van der Waals surface area contributed by atoms with Crippen LogP contribution in [-0.2, 0) is 18.6 Å². The van der Waals surface area contributed by atoms with Gasteiger partial charge in [0.1, 0.15) is 5.75 Å². The number of thiazole rings is 1. The standard InChI is InChI=1S/C15H19NOS2/c1-3-12-5-4-6-13(9-12)17-8-7-15-16-11(2)14(10-18)19-15/h4-6,9,18H,3,7-8,10H2,1-2H3. The van der Waals surface area contributed by atoms with Gasteiger partial charge in [-0.3, -0.25) is 0 Å². The predicted molar refractivity (Wildman–Crippen MR) is 84.6 cm³/mol. The molecule has 0 aliphatic rings. The third-order valence-corrected chi connectivity index (χ3v) is 4.72. The fourth-order valence-electron chi connectivity index (χ4n) is 1.85. The lowest BCUT2D eigenvalue weighted by molar-refractivity contribution is 0.321. The van der Waals surface area contributed by atoms with Crippen LogP contribution in [0.4, 0.5) is 0 Å². The Kier molecular flexibility index (Phi) is 5.28. The Bertz CT molecular complexity index is 537. The number of aryl methyl sites for hydroxylation is 2. The Morgan fingerprint density at radius 2 is 2.21 bits per heavy atom. The molecule has 0 unspecified atom stereocenters. The van der Waals surface area contributed by atoms with Gasteiger partial charge in [-0.1, -0.05) is 19.1 Å². The molecule has 0 saturated carbocycles. The summed E-state index contributed by atoms with van der Waals surface area (Å²) in [5, 5.41) is 1.13. The zero-order valence-corrected chi connectivity index (χ0v) is 13.1. The molecule has 0 atom stereocenters. The van der Waals surface area contributed by atoms with Gasteiger partial charge in [0.05, 0.1) is 17.3 Å². The molecule has 2 rings (SSSR count).